The van der Waals surface area contributed by atoms with Crippen molar-refractivity contribution in [2.75, 3.05) is 58.1 Å². The molecule has 0 bridgehead atoms. The topological polar surface area (TPSA) is 119 Å². The molecule has 14 heteroatoms. The number of likely N-dealkylation sites (tertiary alicyclic amines) is 1. The zero-order valence-corrected chi connectivity index (χ0v) is 26.3. The van der Waals surface area contributed by atoms with E-state index in [0.717, 1.165) is 60.7 Å². The monoisotopic (exact) mass is 646 g/mol. The number of aryl methyl sites for hydroxylation is 1. The molecule has 0 unspecified atom stereocenters. The number of rotatable bonds is 9. The Morgan fingerprint density at radius 1 is 1.15 bits per heavy atom. The molecule has 12 nitrogen and oxygen atoms in total. The number of carbonyl (C=O) groups excluding carboxylic acids is 2. The first-order valence-electron chi connectivity index (χ1n) is 15.4. The predicted molar refractivity (Wildman–Crippen MR) is 172 cm³/mol. The second-order valence-corrected chi connectivity index (χ2v) is 13.0. The molecule has 2 aliphatic rings. The fourth-order valence-corrected chi connectivity index (χ4v) is 7.23. The van der Waals surface area contributed by atoms with Gasteiger partial charge in [0.25, 0.3) is 5.91 Å². The van der Waals surface area contributed by atoms with E-state index in [9.17, 15) is 14.0 Å². The molecular formula is C32H35FN8O4S. The number of anilines is 1. The van der Waals surface area contributed by atoms with E-state index in [-0.39, 0.29) is 18.0 Å². The van der Waals surface area contributed by atoms with Gasteiger partial charge in [-0.05, 0) is 55.3 Å². The van der Waals surface area contributed by atoms with Crippen molar-refractivity contribution in [3.05, 3.63) is 59.5 Å². The Labute approximate surface area is 268 Å². The van der Waals surface area contributed by atoms with Gasteiger partial charge in [-0.15, -0.1) is 11.3 Å². The minimum Gasteiger partial charge on any atom is -0.462 e. The Morgan fingerprint density at radius 2 is 1.98 bits per heavy atom. The van der Waals surface area contributed by atoms with E-state index >= 15 is 0 Å². The van der Waals surface area contributed by atoms with Crippen LogP contribution in [0.5, 0.6) is 5.75 Å². The number of hydrogen-bond acceptors (Lipinski definition) is 9. The number of alkyl halides is 1. The van der Waals surface area contributed by atoms with Crippen molar-refractivity contribution < 1.29 is 23.5 Å². The second-order valence-electron chi connectivity index (χ2n) is 11.7. The Hall–Kier alpha value is -4.40. The van der Waals surface area contributed by atoms with Crippen LogP contribution < -0.4 is 10.1 Å². The maximum atomic E-state index is 13.6. The minimum atomic E-state index is -1.03. The van der Waals surface area contributed by atoms with Gasteiger partial charge in [-0.25, -0.2) is 13.9 Å². The Balaban J connectivity index is 1.15. The number of morpholine rings is 1. The normalized spacial score (nSPS) is 16.3. The van der Waals surface area contributed by atoms with E-state index in [1.165, 1.54) is 15.4 Å². The molecule has 46 heavy (non-hydrogen) atoms. The lowest BCUT2D eigenvalue weighted by Gasteiger charge is -2.36. The van der Waals surface area contributed by atoms with Crippen molar-refractivity contribution in [3.8, 4) is 17.0 Å². The summed E-state index contributed by atoms with van der Waals surface area (Å²) in [6, 6.07) is 7.40. The average Bonchev–Trinajstić information content (AvgIpc) is 3.77. The molecule has 240 valence electrons. The molecule has 0 atom stereocenters. The maximum absolute atomic E-state index is 13.6. The summed E-state index contributed by atoms with van der Waals surface area (Å²) >= 11 is 1.59. The number of halogens is 1. The SMILES string of the molecule is Cc1cc2cc(OCF)c(-c3nn(CC(=O)N4CCC(CN5CCOCC5)CC4)cc3NC(=O)c3cnn4cccnc34)cc2s1. The van der Waals surface area contributed by atoms with E-state index < -0.39 is 12.8 Å². The molecule has 1 N–H and O–H groups in total. The third kappa shape index (κ3) is 6.32. The number of piperidine rings is 1. The number of nitrogens with zero attached hydrogens (tertiary/aromatic N) is 7. The fourth-order valence-electron chi connectivity index (χ4n) is 6.28. The van der Waals surface area contributed by atoms with Gasteiger partial charge in [-0.3, -0.25) is 19.2 Å². The van der Waals surface area contributed by atoms with Crippen molar-refractivity contribution in [2.45, 2.75) is 26.3 Å². The Kier molecular flexibility index (Phi) is 8.65. The van der Waals surface area contributed by atoms with Gasteiger partial charge in [0, 0.05) is 66.5 Å². The predicted octanol–water partition coefficient (Wildman–Crippen LogP) is 4.24. The Bertz CT molecular complexity index is 1870. The van der Waals surface area contributed by atoms with Gasteiger partial charge >= 0.3 is 0 Å². The van der Waals surface area contributed by atoms with E-state index in [4.69, 9.17) is 14.6 Å². The van der Waals surface area contributed by atoms with Gasteiger partial charge in [0.2, 0.25) is 12.8 Å². The van der Waals surface area contributed by atoms with Gasteiger partial charge in [0.05, 0.1) is 25.1 Å². The van der Waals surface area contributed by atoms with Crippen molar-refractivity contribution in [1.29, 1.82) is 0 Å². The molecule has 0 radical (unpaired) electrons. The summed E-state index contributed by atoms with van der Waals surface area (Å²) in [5, 5.41) is 12.9. The summed E-state index contributed by atoms with van der Waals surface area (Å²) in [6.45, 7) is 6.88. The molecule has 2 aliphatic heterocycles. The van der Waals surface area contributed by atoms with Crippen LogP contribution in [0.3, 0.4) is 0 Å². The van der Waals surface area contributed by atoms with Crippen LogP contribution in [0.15, 0.2) is 49.1 Å². The second kappa shape index (κ2) is 13.1. The number of thiophene rings is 1. The largest absolute Gasteiger partial charge is 0.462 e. The van der Waals surface area contributed by atoms with E-state index in [2.05, 4.69) is 20.3 Å². The zero-order chi connectivity index (χ0) is 31.6. The van der Waals surface area contributed by atoms with E-state index in [1.807, 2.05) is 24.0 Å². The van der Waals surface area contributed by atoms with E-state index in [1.54, 1.807) is 42.1 Å². The standard InChI is InChI=1S/C32H35FN8O4S/c1-21-13-23-14-27(45-20-33)24(15-28(23)46-21)30-26(36-32(43)25-16-35-41-6-2-5-34-31(25)41)18-40(37-30)19-29(42)39-7-3-22(4-8-39)17-38-9-11-44-12-10-38/h2,5-6,13-16,18,22H,3-4,7-12,17,19-20H2,1H3,(H,36,43). The van der Waals surface area contributed by atoms with Gasteiger partial charge in [0.15, 0.2) is 5.65 Å². The molecule has 1 aromatic carbocycles. The molecular weight excluding hydrogens is 611 g/mol. The fraction of sp³-hybridized carbons (Fsp3) is 0.406. The van der Waals surface area contributed by atoms with Crippen LogP contribution in [-0.2, 0) is 16.1 Å². The number of amides is 2. The highest BCUT2D eigenvalue weighted by atomic mass is 32.1. The lowest BCUT2D eigenvalue weighted by molar-refractivity contribution is -0.133. The maximum Gasteiger partial charge on any atom is 0.261 e. The molecule has 0 saturated carbocycles. The Morgan fingerprint density at radius 3 is 2.78 bits per heavy atom. The number of benzene rings is 1. The molecule has 6 heterocycles. The molecule has 5 aromatic rings. The first-order chi connectivity index (χ1) is 22.4. The highest BCUT2D eigenvalue weighted by Crippen LogP contribution is 2.40. The van der Waals surface area contributed by atoms with Gasteiger partial charge in [-0.1, -0.05) is 0 Å². The third-order valence-electron chi connectivity index (χ3n) is 8.63. The van der Waals surface area contributed by atoms with Crippen LogP contribution in [0.1, 0.15) is 28.1 Å². The summed E-state index contributed by atoms with van der Waals surface area (Å²) in [6.07, 6.45) is 8.29. The van der Waals surface area contributed by atoms with Crippen LogP contribution in [0.4, 0.5) is 10.1 Å². The smallest absolute Gasteiger partial charge is 0.261 e. The van der Waals surface area contributed by atoms with Crippen LogP contribution >= 0.6 is 11.3 Å². The summed E-state index contributed by atoms with van der Waals surface area (Å²) in [4.78, 5) is 36.7. The van der Waals surface area contributed by atoms with Crippen LogP contribution in [-0.4, -0.2) is 98.8 Å². The van der Waals surface area contributed by atoms with Crippen LogP contribution in [0, 0.1) is 12.8 Å². The lowest BCUT2D eigenvalue weighted by Crippen LogP contribution is -2.45. The van der Waals surface area contributed by atoms with Crippen molar-refractivity contribution in [3.63, 3.8) is 0 Å². The lowest BCUT2D eigenvalue weighted by atomic mass is 9.96. The van der Waals surface area contributed by atoms with Crippen LogP contribution in [0.2, 0.25) is 0 Å². The highest BCUT2D eigenvalue weighted by molar-refractivity contribution is 7.19. The average molecular weight is 647 g/mol. The number of hydrogen-bond donors (Lipinski definition) is 1. The summed E-state index contributed by atoms with van der Waals surface area (Å²) in [5.74, 6) is 0.358. The van der Waals surface area contributed by atoms with Crippen molar-refractivity contribution >= 4 is 44.6 Å². The molecule has 0 spiro atoms. The van der Waals surface area contributed by atoms with Gasteiger partial charge in [0.1, 0.15) is 23.6 Å². The van der Waals surface area contributed by atoms with Gasteiger partial charge in [-0.2, -0.15) is 10.2 Å². The highest BCUT2D eigenvalue weighted by Gasteiger charge is 2.27. The summed E-state index contributed by atoms with van der Waals surface area (Å²) in [7, 11) is 0. The summed E-state index contributed by atoms with van der Waals surface area (Å²) < 4.78 is 28.5. The number of ether oxygens (including phenoxy) is 2. The number of fused-ring (bicyclic) bond motifs is 2. The number of nitrogens with one attached hydrogen (secondary N) is 1. The molecule has 2 saturated heterocycles. The molecule has 2 amide bonds. The third-order valence-corrected chi connectivity index (χ3v) is 9.64. The molecule has 2 fully saturated rings. The first-order valence-corrected chi connectivity index (χ1v) is 16.2. The van der Waals surface area contributed by atoms with Crippen LogP contribution in [0.25, 0.3) is 27.0 Å². The molecule has 0 aliphatic carbocycles. The first kappa shape index (κ1) is 30.3. The number of aromatic nitrogens is 5. The van der Waals surface area contributed by atoms with Gasteiger partial charge < -0.3 is 19.7 Å². The molecule has 4 aromatic heterocycles. The zero-order valence-electron chi connectivity index (χ0n) is 25.5. The van der Waals surface area contributed by atoms with Crippen molar-refractivity contribution in [1.82, 2.24) is 34.2 Å². The van der Waals surface area contributed by atoms with Crippen molar-refractivity contribution in [2.24, 2.45) is 5.92 Å². The molecule has 7 rings (SSSR count). The minimum absolute atomic E-state index is 0.00503. The number of carbonyl (C=O) groups is 2. The summed E-state index contributed by atoms with van der Waals surface area (Å²) in [5.41, 5.74) is 1.91. The van der Waals surface area contributed by atoms with E-state index in [0.29, 0.717) is 47.3 Å². The quantitative estimate of drug-likeness (QED) is 0.253.